The molecular formula is C17H26N2O2. The van der Waals surface area contributed by atoms with Crippen LogP contribution >= 0.6 is 0 Å². The van der Waals surface area contributed by atoms with E-state index in [9.17, 15) is 0 Å². The second kappa shape index (κ2) is 6.67. The van der Waals surface area contributed by atoms with Gasteiger partial charge in [0.1, 0.15) is 13.2 Å². The van der Waals surface area contributed by atoms with Gasteiger partial charge in [0, 0.05) is 6.04 Å². The molecule has 2 aliphatic heterocycles. The summed E-state index contributed by atoms with van der Waals surface area (Å²) in [5.74, 6) is 2.44. The van der Waals surface area contributed by atoms with Gasteiger partial charge in [-0.1, -0.05) is 13.0 Å². The van der Waals surface area contributed by atoms with Crippen molar-refractivity contribution in [2.24, 2.45) is 5.92 Å². The monoisotopic (exact) mass is 290 g/mol. The molecule has 4 heteroatoms. The van der Waals surface area contributed by atoms with E-state index < -0.39 is 0 Å². The molecule has 2 unspecified atom stereocenters. The lowest BCUT2D eigenvalue weighted by molar-refractivity contribution is 0.118. The number of likely N-dealkylation sites (tertiary alicyclic amines) is 1. The summed E-state index contributed by atoms with van der Waals surface area (Å²) in [6, 6.07) is 6.92. The molecule has 4 nitrogen and oxygen atoms in total. The predicted molar refractivity (Wildman–Crippen MR) is 84.1 cm³/mol. The molecule has 1 saturated heterocycles. The zero-order chi connectivity index (χ0) is 14.7. The van der Waals surface area contributed by atoms with Crippen molar-refractivity contribution in [2.75, 3.05) is 39.9 Å². The maximum Gasteiger partial charge on any atom is 0.161 e. The summed E-state index contributed by atoms with van der Waals surface area (Å²) in [5, 5.41) is 3.52. The van der Waals surface area contributed by atoms with Crippen molar-refractivity contribution in [1.82, 2.24) is 10.2 Å². The highest BCUT2D eigenvalue weighted by Crippen LogP contribution is 2.39. The zero-order valence-corrected chi connectivity index (χ0v) is 13.1. The number of fused-ring (bicyclic) bond motifs is 1. The van der Waals surface area contributed by atoms with Crippen LogP contribution in [0.1, 0.15) is 31.4 Å². The summed E-state index contributed by atoms with van der Waals surface area (Å²) in [7, 11) is 2.24. The maximum atomic E-state index is 5.75. The van der Waals surface area contributed by atoms with Crippen molar-refractivity contribution < 1.29 is 9.47 Å². The molecule has 0 bridgehead atoms. The molecule has 0 radical (unpaired) electrons. The molecule has 1 fully saturated rings. The summed E-state index contributed by atoms with van der Waals surface area (Å²) in [4.78, 5) is 2.48. The summed E-state index contributed by atoms with van der Waals surface area (Å²) in [6.07, 6.45) is 2.57. The summed E-state index contributed by atoms with van der Waals surface area (Å²) >= 11 is 0. The van der Waals surface area contributed by atoms with Crippen LogP contribution in [0.15, 0.2) is 18.2 Å². The molecule has 2 atom stereocenters. The number of hydrogen-bond donors (Lipinski definition) is 1. The number of nitrogens with one attached hydrogen (secondary N) is 1. The third kappa shape index (κ3) is 3.16. The third-order valence-electron chi connectivity index (χ3n) is 4.57. The second-order valence-corrected chi connectivity index (χ2v) is 6.04. The van der Waals surface area contributed by atoms with Crippen molar-refractivity contribution in [1.29, 1.82) is 0 Å². The van der Waals surface area contributed by atoms with E-state index in [1.165, 1.54) is 24.9 Å². The van der Waals surface area contributed by atoms with Gasteiger partial charge >= 0.3 is 0 Å². The van der Waals surface area contributed by atoms with Crippen LogP contribution in [0.2, 0.25) is 0 Å². The van der Waals surface area contributed by atoms with Crippen LogP contribution in [0.3, 0.4) is 0 Å². The van der Waals surface area contributed by atoms with E-state index in [4.69, 9.17) is 9.47 Å². The van der Waals surface area contributed by atoms with Crippen LogP contribution in [-0.4, -0.2) is 44.8 Å². The number of hydrogen-bond acceptors (Lipinski definition) is 4. The van der Waals surface area contributed by atoms with E-state index in [1.54, 1.807) is 0 Å². The number of piperidine rings is 1. The van der Waals surface area contributed by atoms with Crippen LogP contribution in [0, 0.1) is 5.92 Å². The molecule has 0 saturated carbocycles. The highest BCUT2D eigenvalue weighted by atomic mass is 16.6. The highest BCUT2D eigenvalue weighted by Gasteiger charge is 2.31. The first-order valence-electron chi connectivity index (χ1n) is 8.10. The Labute approximate surface area is 127 Å². The Kier molecular flexibility index (Phi) is 4.66. The Morgan fingerprint density at radius 3 is 2.86 bits per heavy atom. The molecule has 0 aromatic heterocycles. The lowest BCUT2D eigenvalue weighted by atomic mass is 9.84. The van der Waals surface area contributed by atoms with Gasteiger partial charge in [-0.3, -0.25) is 4.90 Å². The molecule has 0 spiro atoms. The molecule has 116 valence electrons. The van der Waals surface area contributed by atoms with E-state index in [-0.39, 0.29) is 0 Å². The van der Waals surface area contributed by atoms with Gasteiger partial charge in [0.2, 0.25) is 0 Å². The van der Waals surface area contributed by atoms with Crippen LogP contribution in [0.4, 0.5) is 0 Å². The van der Waals surface area contributed by atoms with Gasteiger partial charge < -0.3 is 14.8 Å². The van der Waals surface area contributed by atoms with Crippen LogP contribution in [0.5, 0.6) is 11.5 Å². The fraction of sp³-hybridized carbons (Fsp3) is 0.647. The number of nitrogens with zero attached hydrogens (tertiary/aromatic N) is 1. The standard InChI is InChI=1S/C17H26N2O2/c1-3-18-12-14-5-4-8-19(2)17(14)13-6-7-15-16(11-13)21-10-9-20-15/h6-7,11,14,17-18H,3-5,8-10,12H2,1-2H3. The minimum absolute atomic E-state index is 0.466. The van der Waals surface area contributed by atoms with Gasteiger partial charge in [-0.2, -0.15) is 0 Å². The summed E-state index contributed by atoms with van der Waals surface area (Å²) in [6.45, 7) is 6.76. The van der Waals surface area contributed by atoms with Gasteiger partial charge in [0.25, 0.3) is 0 Å². The van der Waals surface area contributed by atoms with Crippen molar-refractivity contribution in [2.45, 2.75) is 25.8 Å². The first-order valence-corrected chi connectivity index (χ1v) is 8.10. The van der Waals surface area contributed by atoms with Crippen molar-refractivity contribution >= 4 is 0 Å². The zero-order valence-electron chi connectivity index (χ0n) is 13.1. The summed E-state index contributed by atoms with van der Waals surface area (Å²) < 4.78 is 11.4. The predicted octanol–water partition coefficient (Wildman–Crippen LogP) is 2.45. The van der Waals surface area contributed by atoms with Crippen LogP contribution < -0.4 is 14.8 Å². The molecule has 0 aliphatic carbocycles. The van der Waals surface area contributed by atoms with Crippen LogP contribution in [-0.2, 0) is 0 Å². The smallest absolute Gasteiger partial charge is 0.161 e. The number of ether oxygens (including phenoxy) is 2. The fourth-order valence-corrected chi connectivity index (χ4v) is 3.57. The first kappa shape index (κ1) is 14.7. The Bertz CT molecular complexity index is 478. The Morgan fingerprint density at radius 2 is 2.05 bits per heavy atom. The Hall–Kier alpha value is -1.26. The van der Waals surface area contributed by atoms with Gasteiger partial charge in [-0.15, -0.1) is 0 Å². The molecule has 21 heavy (non-hydrogen) atoms. The topological polar surface area (TPSA) is 33.7 Å². The SMILES string of the molecule is CCNCC1CCCN(C)C1c1ccc2c(c1)OCCO2. The van der Waals surface area contributed by atoms with Crippen molar-refractivity contribution in [3.63, 3.8) is 0 Å². The largest absolute Gasteiger partial charge is 0.486 e. The highest BCUT2D eigenvalue weighted by molar-refractivity contribution is 5.45. The average molecular weight is 290 g/mol. The van der Waals surface area contributed by atoms with Crippen LogP contribution in [0.25, 0.3) is 0 Å². The number of rotatable bonds is 4. The molecule has 2 aliphatic rings. The van der Waals surface area contributed by atoms with E-state index in [1.807, 2.05) is 0 Å². The fourth-order valence-electron chi connectivity index (χ4n) is 3.57. The van der Waals surface area contributed by atoms with E-state index in [0.29, 0.717) is 25.2 Å². The molecule has 1 aromatic rings. The second-order valence-electron chi connectivity index (χ2n) is 6.04. The van der Waals surface area contributed by atoms with Gasteiger partial charge in [0.15, 0.2) is 11.5 Å². The van der Waals surface area contributed by atoms with E-state index in [0.717, 1.165) is 24.6 Å². The minimum atomic E-state index is 0.466. The van der Waals surface area contributed by atoms with Crippen molar-refractivity contribution in [3.05, 3.63) is 23.8 Å². The Morgan fingerprint density at radius 1 is 1.24 bits per heavy atom. The van der Waals surface area contributed by atoms with Gasteiger partial charge in [-0.25, -0.2) is 0 Å². The average Bonchev–Trinajstić information content (AvgIpc) is 2.52. The first-order chi connectivity index (χ1) is 10.3. The maximum absolute atomic E-state index is 5.75. The molecule has 1 N–H and O–H groups in total. The minimum Gasteiger partial charge on any atom is -0.486 e. The quantitative estimate of drug-likeness (QED) is 0.923. The molecule has 1 aromatic carbocycles. The van der Waals surface area contributed by atoms with Gasteiger partial charge in [-0.05, 0) is 63.1 Å². The Balaban J connectivity index is 1.84. The molecule has 3 rings (SSSR count). The van der Waals surface area contributed by atoms with Crippen molar-refractivity contribution in [3.8, 4) is 11.5 Å². The van der Waals surface area contributed by atoms with Gasteiger partial charge in [0.05, 0.1) is 0 Å². The normalized spacial score (nSPS) is 25.8. The molecule has 0 amide bonds. The lowest BCUT2D eigenvalue weighted by Gasteiger charge is -2.40. The molecule has 2 heterocycles. The van der Waals surface area contributed by atoms with E-state index in [2.05, 4.69) is 42.4 Å². The third-order valence-corrected chi connectivity index (χ3v) is 4.57. The lowest BCUT2D eigenvalue weighted by Crippen LogP contribution is -2.40. The summed E-state index contributed by atoms with van der Waals surface area (Å²) in [5.41, 5.74) is 1.35. The van der Waals surface area contributed by atoms with E-state index >= 15 is 0 Å². The number of benzene rings is 1. The molecular weight excluding hydrogens is 264 g/mol.